The minimum atomic E-state index is -1.77. The van der Waals surface area contributed by atoms with Gasteiger partial charge in [0, 0.05) is 12.8 Å². The first-order valence-electron chi connectivity index (χ1n) is 19.1. The molecule has 0 aliphatic heterocycles. The van der Waals surface area contributed by atoms with Crippen molar-refractivity contribution in [2.75, 3.05) is 26.3 Å². The summed E-state index contributed by atoms with van der Waals surface area (Å²) in [5.41, 5.74) is 21.4. The zero-order valence-corrected chi connectivity index (χ0v) is 34.1. The molecule has 0 saturated heterocycles. The molecule has 0 aliphatic carbocycles. The number of carboxylic acids is 2. The van der Waals surface area contributed by atoms with E-state index in [-0.39, 0.29) is 19.4 Å². The lowest BCUT2D eigenvalue weighted by atomic mass is 10.1. The van der Waals surface area contributed by atoms with Crippen LogP contribution in [-0.4, -0.2) is 166 Å². The molecule has 0 aliphatic rings. The number of primary amides is 2. The lowest BCUT2D eigenvalue weighted by Gasteiger charge is -2.26. The van der Waals surface area contributed by atoms with Crippen LogP contribution in [0, 0.1) is 0 Å². The number of aliphatic hydroxyl groups is 2. The number of carbonyl (C=O) groups is 12. The number of rotatable bonds is 31. The fraction of sp³-hybridized carbons (Fsp3) is 0.647. The summed E-state index contributed by atoms with van der Waals surface area (Å²) in [6, 6.07) is -12.2. The van der Waals surface area contributed by atoms with Crippen molar-refractivity contribution >= 4 is 71.0 Å². The predicted molar refractivity (Wildman–Crippen MR) is 210 cm³/mol. The summed E-state index contributed by atoms with van der Waals surface area (Å²) in [5, 5.41) is 55.0. The summed E-state index contributed by atoms with van der Waals surface area (Å²) in [6.07, 6.45) is -1.65. The molecule has 28 nitrogen and oxygen atoms in total. The maximum atomic E-state index is 13.3. The molecule has 350 valence electrons. The van der Waals surface area contributed by atoms with E-state index in [0.717, 1.165) is 6.92 Å². The fourth-order valence-corrected chi connectivity index (χ4v) is 4.96. The highest BCUT2D eigenvalue weighted by atomic mass is 16.4. The van der Waals surface area contributed by atoms with Crippen LogP contribution in [0.25, 0.3) is 0 Å². The smallest absolute Gasteiger partial charge is 0.326 e. The number of carbonyl (C=O) groups excluding carboxylic acids is 10. The van der Waals surface area contributed by atoms with Gasteiger partial charge in [-0.25, -0.2) is 4.79 Å². The molecule has 0 radical (unpaired) electrons. The van der Waals surface area contributed by atoms with Crippen molar-refractivity contribution in [2.24, 2.45) is 22.9 Å². The molecule has 0 aromatic carbocycles. The Bertz CT molecular complexity index is 1630. The molecule has 8 atom stereocenters. The van der Waals surface area contributed by atoms with E-state index in [9.17, 15) is 67.7 Å². The molecule has 0 rings (SSSR count). The molecule has 0 aromatic heterocycles. The Kier molecular flexibility index (Phi) is 25.8. The summed E-state index contributed by atoms with van der Waals surface area (Å²) >= 11 is 0. The maximum Gasteiger partial charge on any atom is 0.326 e. The number of unbranched alkanes of at least 4 members (excludes halogenated alkanes) is 1. The SMILES string of the molecule is CC(NC(=O)C(N)CCC(=O)O)C(=O)NC(CCCCN)C(=O)NC(CO)C(=O)NC(CCC(N)=O)C(=O)NC(C)C(=O)NCC(=O)NC(CO)C(=O)NC(CC(N)=O)C(=O)O. The second kappa shape index (κ2) is 28.9. The molecule has 0 saturated carbocycles. The normalized spacial score (nSPS) is 14.6. The molecule has 0 aromatic rings. The van der Waals surface area contributed by atoms with Crippen molar-refractivity contribution in [3.05, 3.63) is 0 Å². The fourth-order valence-electron chi connectivity index (χ4n) is 4.96. The van der Waals surface area contributed by atoms with E-state index in [2.05, 4.69) is 31.9 Å². The van der Waals surface area contributed by atoms with Crippen LogP contribution in [0.15, 0.2) is 0 Å². The molecule has 0 heterocycles. The minimum absolute atomic E-state index is 0.0262. The average Bonchev–Trinajstić information content (AvgIpc) is 3.19. The third-order valence-electron chi connectivity index (χ3n) is 8.50. The van der Waals surface area contributed by atoms with Crippen molar-refractivity contribution in [2.45, 2.75) is 114 Å². The number of nitrogens with one attached hydrogen (secondary N) is 8. The molecule has 0 bridgehead atoms. The third kappa shape index (κ3) is 22.2. The van der Waals surface area contributed by atoms with Gasteiger partial charge in [-0.3, -0.25) is 52.7 Å². The number of amides is 10. The maximum absolute atomic E-state index is 13.3. The van der Waals surface area contributed by atoms with Crippen molar-refractivity contribution in [3.8, 4) is 0 Å². The Labute approximate surface area is 354 Å². The third-order valence-corrected chi connectivity index (χ3v) is 8.50. The highest BCUT2D eigenvalue weighted by molar-refractivity contribution is 5.98. The molecular weight excluding hydrogens is 832 g/mol. The van der Waals surface area contributed by atoms with Crippen LogP contribution in [0.5, 0.6) is 0 Å². The van der Waals surface area contributed by atoms with Gasteiger partial charge in [0.1, 0.15) is 42.3 Å². The summed E-state index contributed by atoms with van der Waals surface area (Å²) in [7, 11) is 0. The summed E-state index contributed by atoms with van der Waals surface area (Å²) in [5.74, 6) is -12.9. The van der Waals surface area contributed by atoms with Crippen LogP contribution in [0.3, 0.4) is 0 Å². The van der Waals surface area contributed by atoms with Gasteiger partial charge in [0.05, 0.1) is 32.2 Å². The standard InChI is InChI=1S/C34H58N12O16/c1-15(27(54)39-12-25(51)42-21(13-47)32(59)45-20(34(61)62)11-24(38)50)41-30(57)19(7-8-23(37)49)44-33(60)22(14-48)46-31(58)18(5-3-4-10-35)43-28(55)16(2)40-29(56)17(36)6-9-26(52)53/h15-22,47-48H,3-14,35-36H2,1-2H3,(H2,37,49)(H2,38,50)(H,39,54)(H,40,56)(H,41,57)(H,42,51)(H,43,55)(H,44,60)(H,45,59)(H,46,58)(H,52,53)(H,61,62). The van der Waals surface area contributed by atoms with Crippen LogP contribution < -0.4 is 65.5 Å². The molecule has 28 heteroatoms. The van der Waals surface area contributed by atoms with E-state index in [1.165, 1.54) is 6.92 Å². The van der Waals surface area contributed by atoms with Gasteiger partial charge in [-0.2, -0.15) is 0 Å². The first-order valence-corrected chi connectivity index (χ1v) is 19.1. The van der Waals surface area contributed by atoms with E-state index < -0.39 is 165 Å². The first kappa shape index (κ1) is 55.5. The van der Waals surface area contributed by atoms with Gasteiger partial charge in [0.15, 0.2) is 0 Å². The van der Waals surface area contributed by atoms with Gasteiger partial charge >= 0.3 is 11.9 Å². The second-order valence-electron chi connectivity index (χ2n) is 13.7. The molecule has 10 amide bonds. The number of nitrogens with two attached hydrogens (primary N) is 4. The van der Waals surface area contributed by atoms with E-state index in [4.69, 9.17) is 33.1 Å². The minimum Gasteiger partial charge on any atom is -0.481 e. The second-order valence-corrected chi connectivity index (χ2v) is 13.7. The Balaban J connectivity index is 5.68. The highest BCUT2D eigenvalue weighted by Gasteiger charge is 2.32. The molecule has 0 fully saturated rings. The van der Waals surface area contributed by atoms with Crippen LogP contribution in [0.1, 0.15) is 65.2 Å². The molecule has 0 spiro atoms. The zero-order valence-electron chi connectivity index (χ0n) is 34.1. The predicted octanol–water partition coefficient (Wildman–Crippen LogP) is -8.93. The van der Waals surface area contributed by atoms with Gasteiger partial charge in [-0.1, -0.05) is 0 Å². The monoisotopic (exact) mass is 890 g/mol. The lowest BCUT2D eigenvalue weighted by Crippen LogP contribution is -2.60. The van der Waals surface area contributed by atoms with E-state index in [0.29, 0.717) is 12.8 Å². The topological polar surface area (TPSA) is 486 Å². The van der Waals surface area contributed by atoms with Crippen LogP contribution >= 0.6 is 0 Å². The first-order chi connectivity index (χ1) is 29.0. The van der Waals surface area contributed by atoms with Crippen molar-refractivity contribution in [1.82, 2.24) is 42.5 Å². The van der Waals surface area contributed by atoms with Gasteiger partial charge < -0.3 is 85.9 Å². The number of carboxylic acid groups (broad SMARTS) is 2. The van der Waals surface area contributed by atoms with Gasteiger partial charge in [-0.15, -0.1) is 0 Å². The average molecular weight is 891 g/mol. The van der Waals surface area contributed by atoms with Crippen LogP contribution in [0.4, 0.5) is 0 Å². The number of aliphatic hydroxyl groups excluding tert-OH is 2. The van der Waals surface area contributed by atoms with Crippen molar-refractivity contribution in [3.63, 3.8) is 0 Å². The number of aliphatic carboxylic acids is 2. The zero-order chi connectivity index (χ0) is 47.7. The Morgan fingerprint density at radius 1 is 0.516 bits per heavy atom. The Hall–Kier alpha value is -6.52. The number of hydrogen-bond acceptors (Lipinski definition) is 16. The molecule has 8 unspecified atom stereocenters. The van der Waals surface area contributed by atoms with E-state index >= 15 is 0 Å². The molecule has 20 N–H and O–H groups in total. The summed E-state index contributed by atoms with van der Waals surface area (Å²) in [4.78, 5) is 147. The highest BCUT2D eigenvalue weighted by Crippen LogP contribution is 2.05. The number of hydrogen-bond donors (Lipinski definition) is 16. The largest absolute Gasteiger partial charge is 0.481 e. The quantitative estimate of drug-likeness (QED) is 0.0287. The lowest BCUT2D eigenvalue weighted by molar-refractivity contribution is -0.144. The van der Waals surface area contributed by atoms with Crippen LogP contribution in [-0.2, 0) is 57.5 Å². The van der Waals surface area contributed by atoms with Gasteiger partial charge in [0.25, 0.3) is 0 Å². The molecule has 62 heavy (non-hydrogen) atoms. The Morgan fingerprint density at radius 3 is 1.50 bits per heavy atom. The Morgan fingerprint density at radius 2 is 0.984 bits per heavy atom. The van der Waals surface area contributed by atoms with Gasteiger partial charge in [-0.05, 0) is 52.5 Å². The van der Waals surface area contributed by atoms with Crippen molar-refractivity contribution in [1.29, 1.82) is 0 Å². The van der Waals surface area contributed by atoms with Crippen molar-refractivity contribution < 1.29 is 78.0 Å². The summed E-state index contributed by atoms with van der Waals surface area (Å²) in [6.45, 7) is -0.260. The van der Waals surface area contributed by atoms with Crippen LogP contribution in [0.2, 0.25) is 0 Å². The van der Waals surface area contributed by atoms with E-state index in [1.54, 1.807) is 0 Å². The van der Waals surface area contributed by atoms with Gasteiger partial charge in [0.2, 0.25) is 59.1 Å². The summed E-state index contributed by atoms with van der Waals surface area (Å²) < 4.78 is 0. The van der Waals surface area contributed by atoms with E-state index in [1.807, 2.05) is 10.6 Å². The molecular formula is C34H58N12O16.